The van der Waals surface area contributed by atoms with Crippen molar-refractivity contribution < 1.29 is 9.90 Å². The van der Waals surface area contributed by atoms with Crippen molar-refractivity contribution in [3.63, 3.8) is 0 Å². The van der Waals surface area contributed by atoms with Crippen molar-refractivity contribution >= 4 is 5.97 Å². The minimum absolute atomic E-state index is 0.105. The van der Waals surface area contributed by atoms with Gasteiger partial charge < -0.3 is 5.11 Å². The zero-order chi connectivity index (χ0) is 13.2. The second kappa shape index (κ2) is 4.89. The molecule has 18 heavy (non-hydrogen) atoms. The number of rotatable bonds is 6. The lowest BCUT2D eigenvalue weighted by molar-refractivity contribution is -0.150. The summed E-state index contributed by atoms with van der Waals surface area (Å²) in [5.41, 5.74) is -0.548. The van der Waals surface area contributed by atoms with Gasteiger partial charge in [0, 0.05) is 13.0 Å². The van der Waals surface area contributed by atoms with Gasteiger partial charge in [-0.3, -0.25) is 9.69 Å². The quantitative estimate of drug-likeness (QED) is 0.786. The Morgan fingerprint density at radius 2 is 2.17 bits per heavy atom. The fourth-order valence-electron chi connectivity index (χ4n) is 3.35. The minimum atomic E-state index is -0.672. The van der Waals surface area contributed by atoms with Crippen LogP contribution in [0, 0.1) is 16.7 Å². The van der Waals surface area contributed by atoms with Crippen molar-refractivity contribution in [2.45, 2.75) is 57.4 Å². The first-order valence-corrected chi connectivity index (χ1v) is 6.94. The number of nitrogens with zero attached hydrogens (tertiary/aromatic N) is 2. The molecule has 2 aliphatic rings. The Labute approximate surface area is 109 Å². The first kappa shape index (κ1) is 13.4. The fraction of sp³-hybridized carbons (Fsp3) is 0.857. The molecule has 2 rings (SSSR count). The number of carboxylic acids is 1. The molecule has 100 valence electrons. The predicted octanol–water partition coefficient (Wildman–Crippen LogP) is 2.40. The molecule has 0 spiro atoms. The minimum Gasteiger partial charge on any atom is -0.480 e. The maximum atomic E-state index is 11.7. The van der Waals surface area contributed by atoms with Crippen molar-refractivity contribution in [2.24, 2.45) is 5.41 Å². The summed E-state index contributed by atoms with van der Waals surface area (Å²) in [7, 11) is 0. The van der Waals surface area contributed by atoms with Gasteiger partial charge in [-0.25, -0.2) is 0 Å². The molecule has 1 aliphatic carbocycles. The van der Waals surface area contributed by atoms with Gasteiger partial charge in [-0.05, 0) is 44.1 Å². The standard InChI is InChI=1S/C14H22N2O2/c1-2-4-14(12(17)18)5-3-10-16(14)11-13(6-7-13)8-9-15/h2-8,10-11H2,1H3,(H,17,18). The van der Waals surface area contributed by atoms with Crippen LogP contribution in [0.5, 0.6) is 0 Å². The van der Waals surface area contributed by atoms with Gasteiger partial charge in [0.1, 0.15) is 5.54 Å². The van der Waals surface area contributed by atoms with E-state index in [-0.39, 0.29) is 5.41 Å². The molecule has 1 heterocycles. The fourth-order valence-corrected chi connectivity index (χ4v) is 3.35. The summed E-state index contributed by atoms with van der Waals surface area (Å²) in [5, 5.41) is 18.5. The molecule has 4 heteroatoms. The Morgan fingerprint density at radius 1 is 1.44 bits per heavy atom. The molecule has 1 aliphatic heterocycles. The second-order valence-electron chi connectivity index (χ2n) is 5.95. The Morgan fingerprint density at radius 3 is 2.67 bits per heavy atom. The lowest BCUT2D eigenvalue weighted by Crippen LogP contribution is -2.52. The van der Waals surface area contributed by atoms with Crippen LogP contribution in [0.25, 0.3) is 0 Å². The molecule has 1 saturated heterocycles. The largest absolute Gasteiger partial charge is 0.480 e. The van der Waals surface area contributed by atoms with Gasteiger partial charge in [-0.2, -0.15) is 5.26 Å². The average Bonchev–Trinajstić information content (AvgIpc) is 2.95. The predicted molar refractivity (Wildman–Crippen MR) is 68.0 cm³/mol. The van der Waals surface area contributed by atoms with Gasteiger partial charge in [0.25, 0.3) is 0 Å². The SMILES string of the molecule is CCCC1(C(=O)O)CCCN1CC1(CC#N)CC1. The highest BCUT2D eigenvalue weighted by Crippen LogP contribution is 2.51. The molecule has 0 aromatic heterocycles. The third kappa shape index (κ3) is 2.24. The molecule has 0 radical (unpaired) electrons. The van der Waals surface area contributed by atoms with Crippen LogP contribution in [0.15, 0.2) is 0 Å². The second-order valence-corrected chi connectivity index (χ2v) is 5.95. The maximum Gasteiger partial charge on any atom is 0.324 e. The molecular weight excluding hydrogens is 228 g/mol. The third-order valence-electron chi connectivity index (χ3n) is 4.62. The van der Waals surface area contributed by atoms with E-state index in [2.05, 4.69) is 11.0 Å². The van der Waals surface area contributed by atoms with E-state index in [0.717, 1.165) is 51.6 Å². The maximum absolute atomic E-state index is 11.7. The molecule has 0 amide bonds. The third-order valence-corrected chi connectivity index (χ3v) is 4.62. The summed E-state index contributed by atoms with van der Waals surface area (Å²) < 4.78 is 0. The normalized spacial score (nSPS) is 30.0. The Balaban J connectivity index is 2.11. The summed E-state index contributed by atoms with van der Waals surface area (Å²) in [6, 6.07) is 2.26. The van der Waals surface area contributed by atoms with Crippen molar-refractivity contribution in [3.8, 4) is 6.07 Å². The van der Waals surface area contributed by atoms with E-state index in [0.29, 0.717) is 6.42 Å². The summed E-state index contributed by atoms with van der Waals surface area (Å²) >= 11 is 0. The van der Waals surface area contributed by atoms with Gasteiger partial charge in [0.05, 0.1) is 6.07 Å². The van der Waals surface area contributed by atoms with E-state index < -0.39 is 11.5 Å². The lowest BCUT2D eigenvalue weighted by atomic mass is 9.89. The van der Waals surface area contributed by atoms with E-state index in [4.69, 9.17) is 5.26 Å². The van der Waals surface area contributed by atoms with Crippen LogP contribution in [0.2, 0.25) is 0 Å². The highest BCUT2D eigenvalue weighted by atomic mass is 16.4. The smallest absolute Gasteiger partial charge is 0.324 e. The zero-order valence-corrected chi connectivity index (χ0v) is 11.1. The summed E-state index contributed by atoms with van der Waals surface area (Å²) in [4.78, 5) is 13.8. The van der Waals surface area contributed by atoms with E-state index in [9.17, 15) is 9.90 Å². The first-order valence-electron chi connectivity index (χ1n) is 6.94. The van der Waals surface area contributed by atoms with Gasteiger partial charge in [0.15, 0.2) is 0 Å². The van der Waals surface area contributed by atoms with Crippen LogP contribution in [0.3, 0.4) is 0 Å². The van der Waals surface area contributed by atoms with E-state index in [1.54, 1.807) is 0 Å². The number of hydrogen-bond donors (Lipinski definition) is 1. The Bertz CT molecular complexity index is 370. The van der Waals surface area contributed by atoms with Crippen LogP contribution in [-0.4, -0.2) is 34.6 Å². The molecule has 0 bridgehead atoms. The molecule has 1 saturated carbocycles. The molecule has 0 aromatic carbocycles. The monoisotopic (exact) mass is 250 g/mol. The van der Waals surface area contributed by atoms with Gasteiger partial charge in [0.2, 0.25) is 0 Å². The van der Waals surface area contributed by atoms with Crippen molar-refractivity contribution in [3.05, 3.63) is 0 Å². The van der Waals surface area contributed by atoms with E-state index >= 15 is 0 Å². The number of hydrogen-bond acceptors (Lipinski definition) is 3. The number of aliphatic carboxylic acids is 1. The van der Waals surface area contributed by atoms with Gasteiger partial charge in [-0.15, -0.1) is 0 Å². The molecule has 1 unspecified atom stereocenters. The van der Waals surface area contributed by atoms with E-state index in [1.165, 1.54) is 0 Å². The van der Waals surface area contributed by atoms with Crippen LogP contribution in [0.4, 0.5) is 0 Å². The summed E-state index contributed by atoms with van der Waals surface area (Å²) in [5.74, 6) is -0.672. The Hall–Kier alpha value is -1.08. The average molecular weight is 250 g/mol. The van der Waals surface area contributed by atoms with Crippen LogP contribution in [0.1, 0.15) is 51.9 Å². The van der Waals surface area contributed by atoms with Crippen LogP contribution in [-0.2, 0) is 4.79 Å². The number of carboxylic acid groups (broad SMARTS) is 1. The molecular formula is C14H22N2O2. The van der Waals surface area contributed by atoms with Crippen LogP contribution >= 0.6 is 0 Å². The number of nitriles is 1. The van der Waals surface area contributed by atoms with E-state index in [1.807, 2.05) is 6.92 Å². The topological polar surface area (TPSA) is 64.3 Å². The van der Waals surface area contributed by atoms with Crippen molar-refractivity contribution in [2.75, 3.05) is 13.1 Å². The van der Waals surface area contributed by atoms with Crippen molar-refractivity contribution in [1.29, 1.82) is 5.26 Å². The first-order chi connectivity index (χ1) is 8.58. The number of likely N-dealkylation sites (tertiary alicyclic amines) is 1. The van der Waals surface area contributed by atoms with Crippen molar-refractivity contribution in [1.82, 2.24) is 4.90 Å². The summed E-state index contributed by atoms with van der Waals surface area (Å²) in [6.45, 7) is 3.72. The number of carbonyl (C=O) groups is 1. The molecule has 4 nitrogen and oxygen atoms in total. The highest BCUT2D eigenvalue weighted by Gasteiger charge is 2.52. The summed E-state index contributed by atoms with van der Waals surface area (Å²) in [6.07, 6.45) is 6.09. The van der Waals surface area contributed by atoms with Gasteiger partial charge in [-0.1, -0.05) is 13.3 Å². The molecule has 2 fully saturated rings. The molecule has 0 aromatic rings. The molecule has 1 N–H and O–H groups in total. The molecule has 1 atom stereocenters. The Kier molecular flexibility index (Phi) is 3.63. The highest BCUT2D eigenvalue weighted by molar-refractivity contribution is 5.79. The van der Waals surface area contributed by atoms with Gasteiger partial charge >= 0.3 is 5.97 Å². The van der Waals surface area contributed by atoms with Crippen LogP contribution < -0.4 is 0 Å². The zero-order valence-electron chi connectivity index (χ0n) is 11.1. The lowest BCUT2D eigenvalue weighted by Gasteiger charge is -2.36.